The number of aryl methyl sites for hydroxylation is 1. The van der Waals surface area contributed by atoms with Crippen molar-refractivity contribution in [3.63, 3.8) is 0 Å². The molecule has 0 saturated carbocycles. The number of nitrogens with one attached hydrogen (secondary N) is 1. The van der Waals surface area contributed by atoms with E-state index in [0.29, 0.717) is 17.4 Å². The van der Waals surface area contributed by atoms with Crippen LogP contribution in [0.1, 0.15) is 61.0 Å². The Morgan fingerprint density at radius 2 is 2.09 bits per heavy atom. The second-order valence-electron chi connectivity index (χ2n) is 6.07. The summed E-state index contributed by atoms with van der Waals surface area (Å²) >= 11 is 0. The standard InChI is InChI=1S/C18H20N4/c1-12(2)14-7-6-13-4-3-5-16(15(13)10-14)22-18-17(11-19)20-8-9-21-18/h6-10,12,16H,3-5H2,1-2H3,(H,21,22)/t16-/m1/s1. The van der Waals surface area contributed by atoms with Gasteiger partial charge in [0.1, 0.15) is 6.07 Å². The Bertz CT molecular complexity index is 715. The summed E-state index contributed by atoms with van der Waals surface area (Å²) in [7, 11) is 0. The Morgan fingerprint density at radius 3 is 2.86 bits per heavy atom. The largest absolute Gasteiger partial charge is 0.361 e. The van der Waals surface area contributed by atoms with E-state index in [1.807, 2.05) is 0 Å². The lowest BCUT2D eigenvalue weighted by Gasteiger charge is -2.28. The number of nitrogens with zero attached hydrogens (tertiary/aromatic N) is 3. The highest BCUT2D eigenvalue weighted by Gasteiger charge is 2.22. The van der Waals surface area contributed by atoms with Crippen molar-refractivity contribution < 1.29 is 0 Å². The normalized spacial score (nSPS) is 16.9. The number of rotatable bonds is 3. The third-order valence-corrected chi connectivity index (χ3v) is 4.27. The molecular weight excluding hydrogens is 272 g/mol. The van der Waals surface area contributed by atoms with E-state index in [1.54, 1.807) is 12.4 Å². The third-order valence-electron chi connectivity index (χ3n) is 4.27. The SMILES string of the molecule is CC(C)c1ccc2c(c1)[C@H](Nc1nccnc1C#N)CCC2. The maximum absolute atomic E-state index is 9.17. The zero-order valence-corrected chi connectivity index (χ0v) is 13.0. The van der Waals surface area contributed by atoms with E-state index >= 15 is 0 Å². The van der Waals surface area contributed by atoms with Crippen molar-refractivity contribution in [3.05, 3.63) is 53.0 Å². The predicted octanol–water partition coefficient (Wildman–Crippen LogP) is 3.96. The quantitative estimate of drug-likeness (QED) is 0.930. The van der Waals surface area contributed by atoms with Crippen LogP contribution in [0.5, 0.6) is 0 Å². The molecule has 0 bridgehead atoms. The lowest BCUT2D eigenvalue weighted by atomic mass is 9.85. The number of hydrogen-bond acceptors (Lipinski definition) is 4. The number of hydrogen-bond donors (Lipinski definition) is 1. The summed E-state index contributed by atoms with van der Waals surface area (Å²) in [5.41, 5.74) is 4.45. The topological polar surface area (TPSA) is 61.6 Å². The van der Waals surface area contributed by atoms with E-state index in [9.17, 15) is 0 Å². The summed E-state index contributed by atoms with van der Waals surface area (Å²) in [6, 6.07) is 9.09. The molecule has 1 heterocycles. The van der Waals surface area contributed by atoms with Gasteiger partial charge in [0.05, 0.1) is 6.04 Å². The number of benzene rings is 1. The van der Waals surface area contributed by atoms with Crippen LogP contribution < -0.4 is 5.32 Å². The van der Waals surface area contributed by atoms with E-state index in [2.05, 4.69) is 53.4 Å². The highest BCUT2D eigenvalue weighted by molar-refractivity contribution is 5.50. The van der Waals surface area contributed by atoms with Gasteiger partial charge >= 0.3 is 0 Å². The molecule has 0 unspecified atom stereocenters. The molecule has 0 amide bonds. The first-order chi connectivity index (χ1) is 10.7. The summed E-state index contributed by atoms with van der Waals surface area (Å²) < 4.78 is 0. The lowest BCUT2D eigenvalue weighted by Crippen LogP contribution is -2.19. The summed E-state index contributed by atoms with van der Waals surface area (Å²) in [6.45, 7) is 4.42. The van der Waals surface area contributed by atoms with Crippen molar-refractivity contribution in [2.24, 2.45) is 0 Å². The zero-order chi connectivity index (χ0) is 15.5. The molecule has 4 nitrogen and oxygen atoms in total. The maximum Gasteiger partial charge on any atom is 0.182 e. The second-order valence-corrected chi connectivity index (χ2v) is 6.07. The molecule has 4 heteroatoms. The number of anilines is 1. The fourth-order valence-corrected chi connectivity index (χ4v) is 3.02. The molecule has 1 N–H and O–H groups in total. The molecule has 112 valence electrons. The maximum atomic E-state index is 9.17. The molecule has 0 aliphatic heterocycles. The molecule has 0 saturated heterocycles. The van der Waals surface area contributed by atoms with Gasteiger partial charge < -0.3 is 5.32 Å². The van der Waals surface area contributed by atoms with Crippen molar-refractivity contribution in [2.45, 2.75) is 45.1 Å². The molecule has 1 atom stereocenters. The highest BCUT2D eigenvalue weighted by Crippen LogP contribution is 2.34. The first-order valence-corrected chi connectivity index (χ1v) is 7.79. The molecule has 0 radical (unpaired) electrons. The van der Waals surface area contributed by atoms with Gasteiger partial charge in [-0.15, -0.1) is 0 Å². The average Bonchev–Trinajstić information content (AvgIpc) is 2.55. The molecule has 0 spiro atoms. The minimum Gasteiger partial charge on any atom is -0.361 e. The van der Waals surface area contributed by atoms with Crippen molar-refractivity contribution in [1.82, 2.24) is 9.97 Å². The summed E-state index contributed by atoms with van der Waals surface area (Å²) in [6.07, 6.45) is 6.49. The first-order valence-electron chi connectivity index (χ1n) is 7.79. The Hall–Kier alpha value is -2.41. The smallest absolute Gasteiger partial charge is 0.182 e. The van der Waals surface area contributed by atoms with Crippen LogP contribution in [0.4, 0.5) is 5.82 Å². The predicted molar refractivity (Wildman–Crippen MR) is 86.6 cm³/mol. The average molecular weight is 292 g/mol. The van der Waals surface area contributed by atoms with E-state index in [1.165, 1.54) is 16.7 Å². The summed E-state index contributed by atoms with van der Waals surface area (Å²) in [5, 5.41) is 12.6. The van der Waals surface area contributed by atoms with Crippen molar-refractivity contribution in [3.8, 4) is 6.07 Å². The molecule has 3 rings (SSSR count). The van der Waals surface area contributed by atoms with Gasteiger partial charge in [-0.05, 0) is 41.9 Å². The van der Waals surface area contributed by atoms with Crippen LogP contribution in [0, 0.1) is 11.3 Å². The van der Waals surface area contributed by atoms with Crippen LogP contribution in [0.15, 0.2) is 30.6 Å². The highest BCUT2D eigenvalue weighted by atomic mass is 15.0. The van der Waals surface area contributed by atoms with Crippen LogP contribution in [-0.2, 0) is 6.42 Å². The van der Waals surface area contributed by atoms with Crippen LogP contribution in [-0.4, -0.2) is 9.97 Å². The van der Waals surface area contributed by atoms with Gasteiger partial charge in [-0.3, -0.25) is 0 Å². The van der Waals surface area contributed by atoms with Crippen LogP contribution in [0.2, 0.25) is 0 Å². The van der Waals surface area contributed by atoms with E-state index < -0.39 is 0 Å². The number of fused-ring (bicyclic) bond motifs is 1. The molecule has 0 fully saturated rings. The molecule has 1 aliphatic rings. The van der Waals surface area contributed by atoms with Crippen molar-refractivity contribution in [2.75, 3.05) is 5.32 Å². The van der Waals surface area contributed by atoms with Crippen LogP contribution >= 0.6 is 0 Å². The molecule has 1 aromatic heterocycles. The lowest BCUT2D eigenvalue weighted by molar-refractivity contribution is 0.596. The van der Waals surface area contributed by atoms with Gasteiger partial charge in [-0.2, -0.15) is 5.26 Å². The Morgan fingerprint density at radius 1 is 1.27 bits per heavy atom. The Kier molecular flexibility index (Phi) is 4.06. The summed E-state index contributed by atoms with van der Waals surface area (Å²) in [4.78, 5) is 8.36. The minimum absolute atomic E-state index is 0.200. The number of nitriles is 1. The van der Waals surface area contributed by atoms with Crippen LogP contribution in [0.3, 0.4) is 0 Å². The van der Waals surface area contributed by atoms with Gasteiger partial charge in [0.2, 0.25) is 0 Å². The van der Waals surface area contributed by atoms with E-state index in [4.69, 9.17) is 5.26 Å². The van der Waals surface area contributed by atoms with Gasteiger partial charge in [-0.1, -0.05) is 32.0 Å². The molecule has 2 aromatic rings. The molecule has 1 aromatic carbocycles. The third kappa shape index (κ3) is 2.80. The van der Waals surface area contributed by atoms with Crippen molar-refractivity contribution >= 4 is 5.82 Å². The molecule has 1 aliphatic carbocycles. The van der Waals surface area contributed by atoms with E-state index in [0.717, 1.165) is 19.3 Å². The van der Waals surface area contributed by atoms with Crippen LogP contribution in [0.25, 0.3) is 0 Å². The molecule has 22 heavy (non-hydrogen) atoms. The monoisotopic (exact) mass is 292 g/mol. The van der Waals surface area contributed by atoms with Gasteiger partial charge in [0, 0.05) is 12.4 Å². The summed E-state index contributed by atoms with van der Waals surface area (Å²) in [5.74, 6) is 1.09. The first kappa shape index (κ1) is 14.5. The van der Waals surface area contributed by atoms with E-state index in [-0.39, 0.29) is 6.04 Å². The fraction of sp³-hybridized carbons (Fsp3) is 0.389. The number of aromatic nitrogens is 2. The van der Waals surface area contributed by atoms with Gasteiger partial charge in [0.15, 0.2) is 11.5 Å². The zero-order valence-electron chi connectivity index (χ0n) is 13.0. The van der Waals surface area contributed by atoms with Crippen molar-refractivity contribution in [1.29, 1.82) is 5.26 Å². The van der Waals surface area contributed by atoms with Gasteiger partial charge in [-0.25, -0.2) is 9.97 Å². The Labute approximate surface area is 131 Å². The fourth-order valence-electron chi connectivity index (χ4n) is 3.02. The second kappa shape index (κ2) is 6.15. The van der Waals surface area contributed by atoms with Gasteiger partial charge in [0.25, 0.3) is 0 Å². The minimum atomic E-state index is 0.200. The molecular formula is C18H20N4. The Balaban J connectivity index is 1.94.